The molecule has 0 N–H and O–H groups in total. The van der Waals surface area contributed by atoms with Gasteiger partial charge in [0.15, 0.2) is 11.5 Å². The van der Waals surface area contributed by atoms with E-state index in [4.69, 9.17) is 9.47 Å². The molecule has 8 nitrogen and oxygen atoms in total. The highest BCUT2D eigenvalue weighted by Crippen LogP contribution is 2.41. The third-order valence-electron chi connectivity index (χ3n) is 7.30. The van der Waals surface area contributed by atoms with Gasteiger partial charge in [-0.05, 0) is 37.8 Å². The number of benzene rings is 1. The molecule has 2 bridgehead atoms. The highest BCUT2D eigenvalue weighted by molar-refractivity contribution is 7.89. The van der Waals surface area contributed by atoms with Crippen molar-refractivity contribution in [3.8, 4) is 11.5 Å². The number of piperazine rings is 1. The molecule has 2 saturated carbocycles. The van der Waals surface area contributed by atoms with Gasteiger partial charge in [-0.3, -0.25) is 9.59 Å². The minimum atomic E-state index is -3.69. The van der Waals surface area contributed by atoms with Crippen LogP contribution in [0.15, 0.2) is 23.1 Å². The normalized spacial score (nSPS) is 28.8. The molecular weight excluding hydrogens is 432 g/mol. The Hall–Kier alpha value is -2.13. The highest BCUT2D eigenvalue weighted by Gasteiger charge is 2.43. The zero-order valence-corrected chi connectivity index (χ0v) is 19.0. The van der Waals surface area contributed by atoms with E-state index < -0.39 is 10.0 Å². The van der Waals surface area contributed by atoms with Crippen LogP contribution in [-0.2, 0) is 19.6 Å². The van der Waals surface area contributed by atoms with E-state index in [0.29, 0.717) is 56.4 Å². The van der Waals surface area contributed by atoms with E-state index in [1.165, 1.54) is 10.4 Å². The van der Waals surface area contributed by atoms with Crippen molar-refractivity contribution in [1.29, 1.82) is 0 Å². The topological polar surface area (TPSA) is 93.2 Å². The molecule has 1 amide bonds. The molecule has 0 aromatic heterocycles. The lowest BCUT2D eigenvalue weighted by atomic mass is 9.67. The van der Waals surface area contributed by atoms with Crippen molar-refractivity contribution in [3.63, 3.8) is 0 Å². The summed E-state index contributed by atoms with van der Waals surface area (Å²) in [4.78, 5) is 27.4. The SMILES string of the molecule is O=C1C2CCCC1CC(C(=O)N1CCN(S(=O)(=O)c3ccc4c(c3)OCCCO4)CC1)C2. The van der Waals surface area contributed by atoms with E-state index in [1.54, 1.807) is 17.0 Å². The van der Waals surface area contributed by atoms with Crippen LogP contribution in [0.25, 0.3) is 0 Å². The first kappa shape index (κ1) is 21.7. The van der Waals surface area contributed by atoms with Gasteiger partial charge >= 0.3 is 0 Å². The van der Waals surface area contributed by atoms with Crippen molar-refractivity contribution in [1.82, 2.24) is 9.21 Å². The van der Waals surface area contributed by atoms with Crippen LogP contribution in [0.4, 0.5) is 0 Å². The summed E-state index contributed by atoms with van der Waals surface area (Å²) >= 11 is 0. The maximum atomic E-state index is 13.2. The van der Waals surface area contributed by atoms with Crippen LogP contribution in [0.3, 0.4) is 0 Å². The maximum absolute atomic E-state index is 13.2. The molecule has 32 heavy (non-hydrogen) atoms. The molecule has 4 aliphatic rings. The monoisotopic (exact) mass is 462 g/mol. The summed E-state index contributed by atoms with van der Waals surface area (Å²) in [5.41, 5.74) is 0. The van der Waals surface area contributed by atoms with Crippen LogP contribution < -0.4 is 9.47 Å². The summed E-state index contributed by atoms with van der Waals surface area (Å²) in [6.45, 7) is 2.32. The van der Waals surface area contributed by atoms with E-state index >= 15 is 0 Å². The average Bonchev–Trinajstić information content (AvgIpc) is 3.03. The Morgan fingerprint density at radius 3 is 2.25 bits per heavy atom. The number of carbonyl (C=O) groups is 2. The molecule has 1 aromatic carbocycles. The third kappa shape index (κ3) is 4.01. The highest BCUT2D eigenvalue weighted by atomic mass is 32.2. The summed E-state index contributed by atoms with van der Waals surface area (Å²) in [6, 6.07) is 4.73. The van der Waals surface area contributed by atoms with Crippen LogP contribution in [0, 0.1) is 17.8 Å². The minimum absolute atomic E-state index is 0.0394. The van der Waals surface area contributed by atoms with Gasteiger partial charge in [-0.2, -0.15) is 4.31 Å². The molecule has 174 valence electrons. The third-order valence-corrected chi connectivity index (χ3v) is 9.20. The Labute approximate surface area is 188 Å². The van der Waals surface area contributed by atoms with Gasteiger partial charge in [0.2, 0.25) is 15.9 Å². The Balaban J connectivity index is 1.23. The zero-order chi connectivity index (χ0) is 22.3. The lowest BCUT2D eigenvalue weighted by Gasteiger charge is -2.40. The molecule has 2 unspecified atom stereocenters. The molecule has 0 spiro atoms. The van der Waals surface area contributed by atoms with Crippen LogP contribution in [-0.4, -0.2) is 68.7 Å². The second kappa shape index (κ2) is 8.67. The first-order valence-electron chi connectivity index (χ1n) is 11.7. The molecule has 9 heteroatoms. The Morgan fingerprint density at radius 1 is 0.906 bits per heavy atom. The fraction of sp³-hybridized carbons (Fsp3) is 0.652. The molecule has 2 aliphatic carbocycles. The number of sulfonamides is 1. The number of ketones is 1. The van der Waals surface area contributed by atoms with Crippen molar-refractivity contribution in [2.45, 2.75) is 43.4 Å². The van der Waals surface area contributed by atoms with E-state index in [9.17, 15) is 18.0 Å². The van der Waals surface area contributed by atoms with E-state index in [1.807, 2.05) is 0 Å². The average molecular weight is 463 g/mol. The van der Waals surface area contributed by atoms with Gasteiger partial charge in [-0.15, -0.1) is 0 Å². The molecule has 2 aliphatic heterocycles. The first-order valence-corrected chi connectivity index (χ1v) is 13.1. The number of hydrogen-bond acceptors (Lipinski definition) is 6. The molecule has 3 fully saturated rings. The van der Waals surface area contributed by atoms with Gasteiger partial charge in [0, 0.05) is 56.4 Å². The van der Waals surface area contributed by atoms with Crippen molar-refractivity contribution in [3.05, 3.63) is 18.2 Å². The van der Waals surface area contributed by atoms with Crippen LogP contribution in [0.2, 0.25) is 0 Å². The van der Waals surface area contributed by atoms with Crippen molar-refractivity contribution < 1.29 is 27.5 Å². The molecule has 2 atom stereocenters. The number of rotatable bonds is 3. The second-order valence-corrected chi connectivity index (χ2v) is 11.2. The van der Waals surface area contributed by atoms with E-state index in [2.05, 4.69) is 0 Å². The smallest absolute Gasteiger partial charge is 0.243 e. The maximum Gasteiger partial charge on any atom is 0.243 e. The standard InChI is InChI=1S/C23H30N2O6S/c26-22-16-3-1-4-17(22)14-18(13-16)23(27)24-7-9-25(10-8-24)32(28,29)19-5-6-20-21(15-19)31-12-2-11-30-20/h5-6,15-18H,1-4,7-14H2. The largest absolute Gasteiger partial charge is 0.490 e. The van der Waals surface area contributed by atoms with E-state index in [0.717, 1.165) is 25.7 Å². The Kier molecular flexibility index (Phi) is 5.88. The summed E-state index contributed by atoms with van der Waals surface area (Å²) < 4.78 is 39.1. The van der Waals surface area contributed by atoms with Crippen LogP contribution in [0.5, 0.6) is 11.5 Å². The number of Topliss-reactive ketones (excluding diaryl/α,β-unsaturated/α-hetero) is 1. The lowest BCUT2D eigenvalue weighted by molar-refractivity contribution is -0.144. The molecule has 0 radical (unpaired) electrons. The number of ether oxygens (including phenoxy) is 2. The van der Waals surface area contributed by atoms with Crippen molar-refractivity contribution in [2.24, 2.45) is 17.8 Å². The van der Waals surface area contributed by atoms with Crippen LogP contribution >= 0.6 is 0 Å². The summed E-state index contributed by atoms with van der Waals surface area (Å²) in [5, 5.41) is 0. The molecule has 1 saturated heterocycles. The molecule has 2 heterocycles. The quantitative estimate of drug-likeness (QED) is 0.683. The Morgan fingerprint density at radius 2 is 1.56 bits per heavy atom. The fourth-order valence-electron chi connectivity index (χ4n) is 5.54. The number of carbonyl (C=O) groups excluding carboxylic acids is 2. The Bertz CT molecular complexity index is 986. The van der Waals surface area contributed by atoms with Crippen molar-refractivity contribution >= 4 is 21.7 Å². The number of amides is 1. The molecular formula is C23H30N2O6S. The minimum Gasteiger partial charge on any atom is -0.490 e. The van der Waals surface area contributed by atoms with Gasteiger partial charge in [0.1, 0.15) is 5.78 Å². The first-order chi connectivity index (χ1) is 15.4. The number of fused-ring (bicyclic) bond motifs is 3. The van der Waals surface area contributed by atoms with Crippen molar-refractivity contribution in [2.75, 3.05) is 39.4 Å². The summed E-state index contributed by atoms with van der Waals surface area (Å²) in [5.74, 6) is 1.43. The lowest BCUT2D eigenvalue weighted by Crippen LogP contribution is -2.53. The van der Waals surface area contributed by atoms with Gasteiger partial charge in [0.05, 0.1) is 18.1 Å². The van der Waals surface area contributed by atoms with Gasteiger partial charge in [0.25, 0.3) is 0 Å². The van der Waals surface area contributed by atoms with Crippen LogP contribution in [0.1, 0.15) is 38.5 Å². The predicted molar refractivity (Wildman–Crippen MR) is 116 cm³/mol. The second-order valence-electron chi connectivity index (χ2n) is 9.28. The summed E-state index contributed by atoms with van der Waals surface area (Å²) in [6.07, 6.45) is 4.96. The molecule has 1 aromatic rings. The van der Waals surface area contributed by atoms with Gasteiger partial charge in [-0.25, -0.2) is 8.42 Å². The molecule has 5 rings (SSSR count). The fourth-order valence-corrected chi connectivity index (χ4v) is 6.98. The zero-order valence-electron chi connectivity index (χ0n) is 18.2. The summed E-state index contributed by atoms with van der Waals surface area (Å²) in [7, 11) is -3.69. The number of hydrogen-bond donors (Lipinski definition) is 0. The van der Waals surface area contributed by atoms with Gasteiger partial charge in [-0.1, -0.05) is 6.42 Å². The van der Waals surface area contributed by atoms with Gasteiger partial charge < -0.3 is 14.4 Å². The predicted octanol–water partition coefficient (Wildman–Crippen LogP) is 2.08. The van der Waals surface area contributed by atoms with E-state index in [-0.39, 0.29) is 41.6 Å². The number of nitrogens with zero attached hydrogens (tertiary/aromatic N) is 2.